The second-order valence-electron chi connectivity index (χ2n) is 6.64. The van der Waals surface area contributed by atoms with Gasteiger partial charge in [0.05, 0.1) is 0 Å². The van der Waals surface area contributed by atoms with Crippen LogP contribution in [0.5, 0.6) is 5.75 Å². The van der Waals surface area contributed by atoms with E-state index < -0.39 is 36.5 Å². The molecule has 1 saturated heterocycles. The number of ether oxygens (including phenoxy) is 1. The number of nitrogens with zero attached hydrogens (tertiary/aromatic N) is 2. The molecule has 4 amide bonds. The number of hydrogen-bond acceptors (Lipinski definition) is 4. The Morgan fingerprint density at radius 2 is 1.76 bits per heavy atom. The van der Waals surface area contributed by atoms with Crippen LogP contribution < -0.4 is 15.0 Å². The number of benzene rings is 2. The van der Waals surface area contributed by atoms with Crippen LogP contribution in [0.4, 0.5) is 19.3 Å². The fraction of sp³-hybridized carbons (Fsp3) is 0.250. The van der Waals surface area contributed by atoms with Crippen LogP contribution in [0.15, 0.2) is 54.6 Å². The Balaban J connectivity index is 1.75. The number of likely N-dealkylation sites (N-methyl/N-ethyl adjacent to an activating group) is 1. The van der Waals surface area contributed by atoms with E-state index in [4.69, 9.17) is 0 Å². The molecular weight excluding hydrogens is 384 g/mol. The van der Waals surface area contributed by atoms with Crippen molar-refractivity contribution in [3.63, 3.8) is 0 Å². The van der Waals surface area contributed by atoms with Crippen molar-refractivity contribution < 1.29 is 27.9 Å². The fourth-order valence-electron chi connectivity index (χ4n) is 3.04. The number of carbonyl (C=O) groups excluding carboxylic acids is 3. The van der Waals surface area contributed by atoms with E-state index in [-0.39, 0.29) is 5.75 Å². The minimum absolute atomic E-state index is 0.0688. The molecule has 2 aromatic carbocycles. The molecule has 0 aromatic heterocycles. The van der Waals surface area contributed by atoms with Crippen molar-refractivity contribution in [2.45, 2.75) is 19.1 Å². The highest BCUT2D eigenvalue weighted by atomic mass is 19.3. The molecule has 3 rings (SSSR count). The SMILES string of the molecule is CN(C(=O)CN1C(=O)N[C@@](C)(c2ccc(OC(F)F)cc2)C1=O)c1ccccc1. The molecule has 7 nitrogen and oxygen atoms in total. The lowest BCUT2D eigenvalue weighted by atomic mass is 9.92. The van der Waals surface area contributed by atoms with E-state index >= 15 is 0 Å². The van der Waals surface area contributed by atoms with Gasteiger partial charge in [-0.2, -0.15) is 8.78 Å². The van der Waals surface area contributed by atoms with Gasteiger partial charge in [0.2, 0.25) is 5.91 Å². The number of urea groups is 1. The van der Waals surface area contributed by atoms with Crippen LogP contribution in [0.2, 0.25) is 0 Å². The predicted octanol–water partition coefficient (Wildman–Crippen LogP) is 2.72. The summed E-state index contributed by atoms with van der Waals surface area (Å²) in [5.74, 6) is -1.12. The average molecular weight is 403 g/mol. The molecule has 1 N–H and O–H groups in total. The predicted molar refractivity (Wildman–Crippen MR) is 101 cm³/mol. The molecule has 0 unspecified atom stereocenters. The largest absolute Gasteiger partial charge is 0.435 e. The molecule has 0 spiro atoms. The molecule has 1 atom stereocenters. The number of rotatable bonds is 6. The zero-order valence-electron chi connectivity index (χ0n) is 15.8. The number of alkyl halides is 2. The number of para-hydroxylation sites is 1. The number of nitrogens with one attached hydrogen (secondary N) is 1. The lowest BCUT2D eigenvalue weighted by Crippen LogP contribution is -2.43. The van der Waals surface area contributed by atoms with Crippen molar-refractivity contribution in [2.24, 2.45) is 0 Å². The van der Waals surface area contributed by atoms with E-state index in [0.29, 0.717) is 11.3 Å². The molecule has 1 aliphatic rings. The quantitative estimate of drug-likeness (QED) is 0.753. The molecule has 1 heterocycles. The normalized spacial score (nSPS) is 18.7. The second kappa shape index (κ2) is 7.86. The number of imide groups is 1. The van der Waals surface area contributed by atoms with Gasteiger partial charge in [0.25, 0.3) is 5.91 Å². The van der Waals surface area contributed by atoms with Crippen LogP contribution in [0.1, 0.15) is 12.5 Å². The van der Waals surface area contributed by atoms with Gasteiger partial charge in [-0.05, 0) is 36.8 Å². The standard InChI is InChI=1S/C20H19F2N3O4/c1-20(13-8-10-15(11-9-13)29-18(21)22)17(27)25(19(28)23-20)12-16(26)24(2)14-6-4-3-5-7-14/h3-11,18H,12H2,1-2H3,(H,23,28)/t20-/m0/s1. The lowest BCUT2D eigenvalue weighted by Gasteiger charge is -2.23. The minimum Gasteiger partial charge on any atom is -0.435 e. The third-order valence-corrected chi connectivity index (χ3v) is 4.74. The molecular formula is C20H19F2N3O4. The molecule has 0 saturated carbocycles. The first-order valence-corrected chi connectivity index (χ1v) is 8.73. The molecule has 152 valence electrons. The van der Waals surface area contributed by atoms with Crippen LogP contribution >= 0.6 is 0 Å². The molecule has 0 radical (unpaired) electrons. The van der Waals surface area contributed by atoms with Gasteiger partial charge in [-0.15, -0.1) is 0 Å². The summed E-state index contributed by atoms with van der Waals surface area (Å²) in [7, 11) is 1.55. The highest BCUT2D eigenvalue weighted by Crippen LogP contribution is 2.30. The number of hydrogen-bond donors (Lipinski definition) is 1. The summed E-state index contributed by atoms with van der Waals surface area (Å²) in [4.78, 5) is 40.0. The van der Waals surface area contributed by atoms with Gasteiger partial charge in [0, 0.05) is 12.7 Å². The van der Waals surface area contributed by atoms with Gasteiger partial charge in [0.1, 0.15) is 17.8 Å². The monoisotopic (exact) mass is 403 g/mol. The van der Waals surface area contributed by atoms with E-state index in [2.05, 4.69) is 10.1 Å². The first-order valence-electron chi connectivity index (χ1n) is 8.73. The Bertz CT molecular complexity index is 921. The summed E-state index contributed by atoms with van der Waals surface area (Å²) < 4.78 is 28.9. The van der Waals surface area contributed by atoms with Gasteiger partial charge < -0.3 is 15.0 Å². The first kappa shape index (κ1) is 20.2. The van der Waals surface area contributed by atoms with Crippen molar-refractivity contribution in [1.29, 1.82) is 0 Å². The molecule has 29 heavy (non-hydrogen) atoms. The van der Waals surface area contributed by atoms with Gasteiger partial charge in [-0.3, -0.25) is 14.5 Å². The van der Waals surface area contributed by atoms with E-state index in [1.165, 1.54) is 36.1 Å². The third kappa shape index (κ3) is 4.03. The second-order valence-corrected chi connectivity index (χ2v) is 6.64. The fourth-order valence-corrected chi connectivity index (χ4v) is 3.04. The van der Waals surface area contributed by atoms with Crippen LogP contribution in [0.25, 0.3) is 0 Å². The van der Waals surface area contributed by atoms with Crippen molar-refractivity contribution in [3.05, 3.63) is 60.2 Å². The smallest absolute Gasteiger partial charge is 0.387 e. The Hall–Kier alpha value is -3.49. The Labute approximate surface area is 165 Å². The van der Waals surface area contributed by atoms with E-state index in [1.54, 1.807) is 31.3 Å². The Morgan fingerprint density at radius 1 is 1.14 bits per heavy atom. The van der Waals surface area contributed by atoms with Crippen LogP contribution in [0, 0.1) is 0 Å². The number of anilines is 1. The summed E-state index contributed by atoms with van der Waals surface area (Å²) >= 11 is 0. The maximum absolute atomic E-state index is 12.9. The summed E-state index contributed by atoms with van der Waals surface area (Å²) in [6.45, 7) is -1.91. The van der Waals surface area contributed by atoms with Crippen LogP contribution in [0.3, 0.4) is 0 Å². The summed E-state index contributed by atoms with van der Waals surface area (Å²) in [5, 5.41) is 2.57. The summed E-state index contributed by atoms with van der Waals surface area (Å²) in [6.07, 6.45) is 0. The number of carbonyl (C=O) groups is 3. The van der Waals surface area contributed by atoms with Gasteiger partial charge >= 0.3 is 12.6 Å². The number of halogens is 2. The average Bonchev–Trinajstić information content (AvgIpc) is 2.92. The van der Waals surface area contributed by atoms with Gasteiger partial charge in [0.15, 0.2) is 0 Å². The highest BCUT2D eigenvalue weighted by molar-refractivity contribution is 6.10. The van der Waals surface area contributed by atoms with E-state index in [9.17, 15) is 23.2 Å². The molecule has 2 aromatic rings. The van der Waals surface area contributed by atoms with Crippen molar-refractivity contribution in [1.82, 2.24) is 10.2 Å². The molecule has 1 fully saturated rings. The molecule has 9 heteroatoms. The zero-order valence-corrected chi connectivity index (χ0v) is 15.8. The first-order chi connectivity index (χ1) is 13.7. The minimum atomic E-state index is -2.97. The van der Waals surface area contributed by atoms with Gasteiger partial charge in [-0.1, -0.05) is 30.3 Å². The third-order valence-electron chi connectivity index (χ3n) is 4.74. The van der Waals surface area contributed by atoms with E-state index in [1.807, 2.05) is 6.07 Å². The van der Waals surface area contributed by atoms with Crippen molar-refractivity contribution >= 4 is 23.5 Å². The maximum atomic E-state index is 12.9. The van der Waals surface area contributed by atoms with Crippen molar-refractivity contribution in [2.75, 3.05) is 18.5 Å². The lowest BCUT2D eigenvalue weighted by molar-refractivity contribution is -0.134. The number of amides is 4. The Morgan fingerprint density at radius 3 is 2.34 bits per heavy atom. The van der Waals surface area contributed by atoms with E-state index in [0.717, 1.165) is 4.90 Å². The summed E-state index contributed by atoms with van der Waals surface area (Å²) in [6, 6.07) is 13.5. The molecule has 1 aliphatic heterocycles. The topological polar surface area (TPSA) is 79.0 Å². The maximum Gasteiger partial charge on any atom is 0.387 e. The van der Waals surface area contributed by atoms with Crippen LogP contribution in [-0.2, 0) is 15.1 Å². The Kier molecular flexibility index (Phi) is 5.49. The van der Waals surface area contributed by atoms with Gasteiger partial charge in [-0.25, -0.2) is 4.79 Å². The highest BCUT2D eigenvalue weighted by Gasteiger charge is 2.49. The molecule has 0 aliphatic carbocycles. The van der Waals surface area contributed by atoms with Crippen molar-refractivity contribution in [3.8, 4) is 5.75 Å². The summed E-state index contributed by atoms with van der Waals surface area (Å²) in [5.41, 5.74) is -0.419. The molecule has 0 bridgehead atoms. The zero-order chi connectivity index (χ0) is 21.2. The van der Waals surface area contributed by atoms with Crippen LogP contribution in [-0.4, -0.2) is 42.9 Å².